The van der Waals surface area contributed by atoms with Crippen molar-refractivity contribution in [3.63, 3.8) is 0 Å². The van der Waals surface area contributed by atoms with Crippen LogP contribution >= 0.6 is 35.6 Å². The molecule has 0 atom stereocenters. The molecule has 3 rings (SSSR count). The van der Waals surface area contributed by atoms with E-state index in [1.807, 2.05) is 18.3 Å². The highest BCUT2D eigenvalue weighted by Crippen LogP contribution is 2.16. The molecule has 29 heavy (non-hydrogen) atoms. The molecule has 2 N–H and O–H groups in total. The van der Waals surface area contributed by atoms with Crippen LogP contribution in [0.2, 0.25) is 5.15 Å². The highest BCUT2D eigenvalue weighted by atomic mass is 127. The van der Waals surface area contributed by atoms with Gasteiger partial charge < -0.3 is 10.6 Å². The number of aromatic nitrogens is 1. The number of hydrogen-bond acceptors (Lipinski definition) is 3. The van der Waals surface area contributed by atoms with E-state index in [2.05, 4.69) is 49.8 Å². The molecule has 158 valence electrons. The minimum atomic E-state index is 0. The highest BCUT2D eigenvalue weighted by molar-refractivity contribution is 14.0. The van der Waals surface area contributed by atoms with Crippen LogP contribution in [-0.4, -0.2) is 42.5 Å². The summed E-state index contributed by atoms with van der Waals surface area (Å²) in [6.07, 6.45) is 6.70. The molecule has 2 heterocycles. The molecule has 0 radical (unpaired) electrons. The number of pyridine rings is 1. The molecule has 1 aliphatic rings. The average molecular weight is 528 g/mol. The zero-order valence-electron chi connectivity index (χ0n) is 17.0. The summed E-state index contributed by atoms with van der Waals surface area (Å²) in [6, 6.07) is 12.5. The molecule has 0 unspecified atom stereocenters. The summed E-state index contributed by atoms with van der Waals surface area (Å²) in [5, 5.41) is 7.34. The topological polar surface area (TPSA) is 52.6 Å². The Labute approximate surface area is 196 Å². The maximum atomic E-state index is 5.83. The number of rotatable bonds is 7. The molecule has 0 aliphatic carbocycles. The minimum Gasteiger partial charge on any atom is -0.356 e. The molecule has 1 aromatic carbocycles. The molecule has 1 aromatic heterocycles. The average Bonchev–Trinajstić information content (AvgIpc) is 2.73. The summed E-state index contributed by atoms with van der Waals surface area (Å²) in [4.78, 5) is 11.0. The van der Waals surface area contributed by atoms with Gasteiger partial charge in [0.2, 0.25) is 0 Å². The Kier molecular flexibility index (Phi) is 10.7. The molecule has 1 aliphatic heterocycles. The third-order valence-electron chi connectivity index (χ3n) is 5.13. The number of nitrogens with zero attached hydrogens (tertiary/aromatic N) is 3. The van der Waals surface area contributed by atoms with E-state index >= 15 is 0 Å². The fraction of sp³-hybridized carbons (Fsp3) is 0.455. The molecule has 5 nitrogen and oxygen atoms in total. The van der Waals surface area contributed by atoms with Crippen molar-refractivity contribution in [2.24, 2.45) is 4.99 Å². The Balaban J connectivity index is 0.00000300. The van der Waals surface area contributed by atoms with Crippen LogP contribution in [-0.2, 0) is 19.5 Å². The molecule has 1 saturated heterocycles. The smallest absolute Gasteiger partial charge is 0.191 e. The number of nitrogens with one attached hydrogen (secondary N) is 2. The summed E-state index contributed by atoms with van der Waals surface area (Å²) in [6.45, 7) is 5.02. The first-order chi connectivity index (χ1) is 13.7. The molecular formula is C22H31ClIN5. The van der Waals surface area contributed by atoms with Gasteiger partial charge in [0, 0.05) is 32.9 Å². The van der Waals surface area contributed by atoms with Crippen LogP contribution in [0.1, 0.15) is 36.0 Å². The second-order valence-electron chi connectivity index (χ2n) is 7.20. The van der Waals surface area contributed by atoms with Crippen molar-refractivity contribution in [2.45, 2.75) is 38.8 Å². The monoisotopic (exact) mass is 527 g/mol. The van der Waals surface area contributed by atoms with Gasteiger partial charge in [-0.05, 0) is 55.1 Å². The number of aliphatic imine (C=N–C) groups is 1. The first kappa shape index (κ1) is 23.9. The van der Waals surface area contributed by atoms with Gasteiger partial charge in [0.25, 0.3) is 0 Å². The van der Waals surface area contributed by atoms with Crippen molar-refractivity contribution in [3.05, 3.63) is 64.4 Å². The van der Waals surface area contributed by atoms with E-state index in [0.29, 0.717) is 5.15 Å². The molecular weight excluding hydrogens is 497 g/mol. The van der Waals surface area contributed by atoms with Crippen molar-refractivity contribution in [1.82, 2.24) is 20.5 Å². The van der Waals surface area contributed by atoms with E-state index < -0.39 is 0 Å². The maximum Gasteiger partial charge on any atom is 0.191 e. The third-order valence-corrected chi connectivity index (χ3v) is 5.35. The van der Waals surface area contributed by atoms with E-state index in [0.717, 1.165) is 37.6 Å². The quantitative estimate of drug-likeness (QED) is 0.245. The predicted octanol–water partition coefficient (Wildman–Crippen LogP) is 4.25. The Morgan fingerprint density at radius 1 is 1.07 bits per heavy atom. The zero-order valence-corrected chi connectivity index (χ0v) is 20.1. The molecule has 2 aromatic rings. The second-order valence-corrected chi connectivity index (χ2v) is 7.58. The van der Waals surface area contributed by atoms with Crippen LogP contribution in [0.15, 0.2) is 47.6 Å². The maximum absolute atomic E-state index is 5.83. The molecule has 1 fully saturated rings. The van der Waals surface area contributed by atoms with Gasteiger partial charge in [0.05, 0.1) is 0 Å². The normalized spacial score (nSPS) is 14.9. The largest absolute Gasteiger partial charge is 0.356 e. The molecule has 0 amide bonds. The molecule has 0 spiro atoms. The number of guanidine groups is 1. The van der Waals surface area contributed by atoms with Gasteiger partial charge in [0.15, 0.2) is 5.96 Å². The third kappa shape index (κ3) is 8.10. The lowest BCUT2D eigenvalue weighted by Gasteiger charge is -2.27. The van der Waals surface area contributed by atoms with Crippen LogP contribution in [0.5, 0.6) is 0 Å². The lowest BCUT2D eigenvalue weighted by atomic mass is 10.0. The Morgan fingerprint density at radius 2 is 1.83 bits per heavy atom. The number of hydrogen-bond donors (Lipinski definition) is 2. The fourth-order valence-corrected chi connectivity index (χ4v) is 3.63. The summed E-state index contributed by atoms with van der Waals surface area (Å²) in [7, 11) is 1.80. The van der Waals surface area contributed by atoms with Gasteiger partial charge in [-0.15, -0.1) is 24.0 Å². The highest BCUT2D eigenvalue weighted by Gasteiger charge is 2.12. The first-order valence-electron chi connectivity index (χ1n) is 10.1. The van der Waals surface area contributed by atoms with E-state index in [9.17, 15) is 0 Å². The van der Waals surface area contributed by atoms with Gasteiger partial charge in [-0.1, -0.05) is 48.4 Å². The van der Waals surface area contributed by atoms with Crippen molar-refractivity contribution in [2.75, 3.05) is 26.7 Å². The van der Waals surface area contributed by atoms with E-state index in [1.54, 1.807) is 7.05 Å². The predicted molar refractivity (Wildman–Crippen MR) is 132 cm³/mol. The van der Waals surface area contributed by atoms with Crippen molar-refractivity contribution in [3.8, 4) is 0 Å². The molecule has 7 heteroatoms. The van der Waals surface area contributed by atoms with Crippen LogP contribution < -0.4 is 10.6 Å². The summed E-state index contributed by atoms with van der Waals surface area (Å²) in [5.41, 5.74) is 3.89. The van der Waals surface area contributed by atoms with Crippen LogP contribution in [0.25, 0.3) is 0 Å². The number of halogens is 2. The van der Waals surface area contributed by atoms with E-state index in [4.69, 9.17) is 11.6 Å². The van der Waals surface area contributed by atoms with Gasteiger partial charge in [-0.3, -0.25) is 9.89 Å². The SMILES string of the molecule is CN=C(NCCc1ccc(Cl)nc1)NCc1ccccc1CN1CCCCC1.I. The van der Waals surface area contributed by atoms with Crippen molar-refractivity contribution in [1.29, 1.82) is 0 Å². The lowest BCUT2D eigenvalue weighted by Crippen LogP contribution is -2.38. The Morgan fingerprint density at radius 3 is 2.52 bits per heavy atom. The summed E-state index contributed by atoms with van der Waals surface area (Å²) < 4.78 is 0. The van der Waals surface area contributed by atoms with E-state index in [1.165, 1.54) is 43.5 Å². The van der Waals surface area contributed by atoms with Gasteiger partial charge in [-0.25, -0.2) is 4.98 Å². The zero-order chi connectivity index (χ0) is 19.6. The Hall–Kier alpha value is -1.38. The van der Waals surface area contributed by atoms with Gasteiger partial charge in [0.1, 0.15) is 5.15 Å². The van der Waals surface area contributed by atoms with Crippen LogP contribution in [0, 0.1) is 0 Å². The standard InChI is InChI=1S/C22H30ClN5.HI/c1-24-22(25-12-11-18-9-10-21(23)26-15-18)27-16-19-7-3-4-8-20(19)17-28-13-5-2-6-14-28;/h3-4,7-10,15H,2,5-6,11-14,16-17H2,1H3,(H2,24,25,27);1H. The molecule has 0 bridgehead atoms. The second kappa shape index (κ2) is 13.0. The first-order valence-corrected chi connectivity index (χ1v) is 10.5. The Bertz CT molecular complexity index is 760. The fourth-order valence-electron chi connectivity index (χ4n) is 3.52. The lowest BCUT2D eigenvalue weighted by molar-refractivity contribution is 0.220. The van der Waals surface area contributed by atoms with Crippen LogP contribution in [0.3, 0.4) is 0 Å². The minimum absolute atomic E-state index is 0. The van der Waals surface area contributed by atoms with Gasteiger partial charge in [-0.2, -0.15) is 0 Å². The van der Waals surface area contributed by atoms with Crippen molar-refractivity contribution >= 4 is 41.5 Å². The molecule has 0 saturated carbocycles. The van der Waals surface area contributed by atoms with E-state index in [-0.39, 0.29) is 24.0 Å². The van der Waals surface area contributed by atoms with Crippen molar-refractivity contribution < 1.29 is 0 Å². The van der Waals surface area contributed by atoms with Gasteiger partial charge >= 0.3 is 0 Å². The van der Waals surface area contributed by atoms with Crippen LogP contribution in [0.4, 0.5) is 0 Å². The number of likely N-dealkylation sites (tertiary alicyclic amines) is 1. The summed E-state index contributed by atoms with van der Waals surface area (Å²) >= 11 is 5.83. The number of benzene rings is 1. The summed E-state index contributed by atoms with van der Waals surface area (Å²) in [5.74, 6) is 0.815. The number of piperidine rings is 1.